The number of hydrogen-bond donors (Lipinski definition) is 1. The van der Waals surface area contributed by atoms with Crippen molar-refractivity contribution in [2.75, 3.05) is 18.4 Å². The number of anilines is 1. The van der Waals surface area contributed by atoms with Gasteiger partial charge >= 0.3 is 6.03 Å². The first kappa shape index (κ1) is 22.5. The molecule has 3 amide bonds. The molecule has 1 saturated carbocycles. The lowest BCUT2D eigenvalue weighted by atomic mass is 10.2. The molecule has 6 nitrogen and oxygen atoms in total. The molecule has 30 heavy (non-hydrogen) atoms. The van der Waals surface area contributed by atoms with E-state index < -0.39 is 0 Å². The number of nitrogens with zero attached hydrogens (tertiary/aromatic N) is 3. The van der Waals surface area contributed by atoms with Crippen LogP contribution in [0.4, 0.5) is 10.5 Å². The van der Waals surface area contributed by atoms with E-state index in [9.17, 15) is 9.59 Å². The van der Waals surface area contributed by atoms with Gasteiger partial charge in [0.05, 0.1) is 17.3 Å². The van der Waals surface area contributed by atoms with E-state index in [4.69, 9.17) is 23.2 Å². The maximum Gasteiger partial charge on any atom is 0.322 e. The first-order valence-electron chi connectivity index (χ1n) is 10.1. The minimum atomic E-state index is -0.351. The predicted octanol–water partition coefficient (Wildman–Crippen LogP) is 5.01. The molecular weight excluding hydrogens is 423 g/mol. The molecule has 2 aromatic rings. The highest BCUT2D eigenvalue weighted by molar-refractivity contribution is 6.36. The SMILES string of the molecule is CC(C)CN(CC(=O)N(Cc1cccn1C)C1CC1)C(=O)Nc1ccc(Cl)cc1Cl. The van der Waals surface area contributed by atoms with Crippen molar-refractivity contribution < 1.29 is 9.59 Å². The molecule has 0 aliphatic heterocycles. The fourth-order valence-electron chi connectivity index (χ4n) is 3.34. The number of aryl methyl sites for hydroxylation is 1. The summed E-state index contributed by atoms with van der Waals surface area (Å²) < 4.78 is 2.02. The number of halogens is 2. The normalized spacial score (nSPS) is 13.4. The highest BCUT2D eigenvalue weighted by Gasteiger charge is 2.34. The van der Waals surface area contributed by atoms with Crippen molar-refractivity contribution >= 4 is 40.8 Å². The van der Waals surface area contributed by atoms with Gasteiger partial charge in [0.2, 0.25) is 5.91 Å². The minimum Gasteiger partial charge on any atom is -0.353 e. The van der Waals surface area contributed by atoms with Crippen molar-refractivity contribution in [1.29, 1.82) is 0 Å². The van der Waals surface area contributed by atoms with Crippen molar-refractivity contribution in [2.45, 2.75) is 39.3 Å². The zero-order valence-electron chi connectivity index (χ0n) is 17.6. The van der Waals surface area contributed by atoms with Crippen LogP contribution in [0.3, 0.4) is 0 Å². The van der Waals surface area contributed by atoms with Gasteiger partial charge in [0, 0.05) is 36.5 Å². The summed E-state index contributed by atoms with van der Waals surface area (Å²) in [5, 5.41) is 3.66. The van der Waals surface area contributed by atoms with Gasteiger partial charge in [-0.1, -0.05) is 37.0 Å². The van der Waals surface area contributed by atoms with Crippen LogP contribution in [0, 0.1) is 5.92 Å². The van der Waals surface area contributed by atoms with E-state index in [0.29, 0.717) is 28.8 Å². The second-order valence-electron chi connectivity index (χ2n) is 8.19. The lowest BCUT2D eigenvalue weighted by molar-refractivity contribution is -0.133. The molecule has 0 saturated heterocycles. The third-order valence-electron chi connectivity index (χ3n) is 5.06. The Labute approximate surface area is 187 Å². The summed E-state index contributed by atoms with van der Waals surface area (Å²) >= 11 is 12.1. The molecule has 1 N–H and O–H groups in total. The number of aromatic nitrogens is 1. The van der Waals surface area contributed by atoms with Crippen LogP contribution in [0.5, 0.6) is 0 Å². The first-order valence-corrected chi connectivity index (χ1v) is 10.9. The maximum absolute atomic E-state index is 13.2. The molecule has 3 rings (SSSR count). The molecule has 0 spiro atoms. The monoisotopic (exact) mass is 450 g/mol. The Kier molecular flexibility index (Phi) is 7.32. The fourth-order valence-corrected chi connectivity index (χ4v) is 3.80. The van der Waals surface area contributed by atoms with Crippen LogP contribution >= 0.6 is 23.2 Å². The van der Waals surface area contributed by atoms with E-state index in [-0.39, 0.29) is 30.4 Å². The Morgan fingerprint density at radius 1 is 1.23 bits per heavy atom. The Morgan fingerprint density at radius 3 is 2.53 bits per heavy atom. The zero-order valence-corrected chi connectivity index (χ0v) is 19.1. The summed E-state index contributed by atoms with van der Waals surface area (Å²) in [7, 11) is 1.97. The summed E-state index contributed by atoms with van der Waals surface area (Å²) in [5.74, 6) is 0.170. The summed E-state index contributed by atoms with van der Waals surface area (Å²) in [6, 6.07) is 8.78. The molecule has 1 aliphatic rings. The molecule has 1 aliphatic carbocycles. The average molecular weight is 451 g/mol. The van der Waals surface area contributed by atoms with E-state index in [1.165, 1.54) is 0 Å². The van der Waals surface area contributed by atoms with Gasteiger partial charge in [0.1, 0.15) is 6.54 Å². The number of carbonyl (C=O) groups excluding carboxylic acids is 2. The van der Waals surface area contributed by atoms with Crippen LogP contribution in [0.25, 0.3) is 0 Å². The standard InChI is InChI=1S/C22H28Cl2N4O2/c1-15(2)12-27(22(30)25-20-9-6-16(23)11-19(20)24)14-21(29)28(17-7-8-17)13-18-5-4-10-26(18)3/h4-6,9-11,15,17H,7-8,12-14H2,1-3H3,(H,25,30). The number of urea groups is 1. The lowest BCUT2D eigenvalue weighted by Gasteiger charge is -2.29. The van der Waals surface area contributed by atoms with E-state index in [0.717, 1.165) is 18.5 Å². The third-order valence-corrected chi connectivity index (χ3v) is 5.61. The summed E-state index contributed by atoms with van der Waals surface area (Å²) in [5.41, 5.74) is 1.54. The number of amides is 3. The summed E-state index contributed by atoms with van der Waals surface area (Å²) in [6.07, 6.45) is 3.99. The topological polar surface area (TPSA) is 57.6 Å². The molecule has 1 aromatic heterocycles. The van der Waals surface area contributed by atoms with Gasteiger partial charge in [-0.05, 0) is 49.1 Å². The van der Waals surface area contributed by atoms with Crippen LogP contribution in [0.2, 0.25) is 10.0 Å². The van der Waals surface area contributed by atoms with Gasteiger partial charge in [-0.2, -0.15) is 0 Å². The van der Waals surface area contributed by atoms with Crippen LogP contribution in [-0.4, -0.2) is 45.4 Å². The van der Waals surface area contributed by atoms with Crippen molar-refractivity contribution in [2.24, 2.45) is 13.0 Å². The van der Waals surface area contributed by atoms with Crippen molar-refractivity contribution in [3.8, 4) is 0 Å². The lowest BCUT2D eigenvalue weighted by Crippen LogP contribution is -2.46. The van der Waals surface area contributed by atoms with Gasteiger partial charge in [0.25, 0.3) is 0 Å². The quantitative estimate of drug-likeness (QED) is 0.613. The highest BCUT2D eigenvalue weighted by atomic mass is 35.5. The van der Waals surface area contributed by atoms with Gasteiger partial charge < -0.3 is 19.7 Å². The van der Waals surface area contributed by atoms with E-state index in [1.807, 2.05) is 48.7 Å². The maximum atomic E-state index is 13.2. The first-order chi connectivity index (χ1) is 14.2. The molecule has 1 heterocycles. The molecule has 0 radical (unpaired) electrons. The number of hydrogen-bond acceptors (Lipinski definition) is 2. The van der Waals surface area contributed by atoms with Gasteiger partial charge in [0.15, 0.2) is 0 Å². The largest absolute Gasteiger partial charge is 0.353 e. The Balaban J connectivity index is 1.71. The molecule has 8 heteroatoms. The fraction of sp³-hybridized carbons (Fsp3) is 0.455. The molecule has 1 fully saturated rings. The van der Waals surface area contributed by atoms with Crippen LogP contribution in [0.1, 0.15) is 32.4 Å². The minimum absolute atomic E-state index is 0.0240. The molecule has 0 bridgehead atoms. The highest BCUT2D eigenvalue weighted by Crippen LogP contribution is 2.29. The van der Waals surface area contributed by atoms with E-state index in [2.05, 4.69) is 5.32 Å². The average Bonchev–Trinajstić information content (AvgIpc) is 3.43. The van der Waals surface area contributed by atoms with Crippen LogP contribution in [0.15, 0.2) is 36.5 Å². The zero-order chi connectivity index (χ0) is 21.8. The molecule has 0 atom stereocenters. The molecule has 0 unspecified atom stereocenters. The van der Waals surface area contributed by atoms with Gasteiger partial charge in [-0.3, -0.25) is 4.79 Å². The summed E-state index contributed by atoms with van der Waals surface area (Å²) in [6.45, 7) is 5.07. The van der Waals surface area contributed by atoms with Gasteiger partial charge in [-0.25, -0.2) is 4.79 Å². The Bertz CT molecular complexity index is 908. The number of nitrogens with one attached hydrogen (secondary N) is 1. The number of benzene rings is 1. The van der Waals surface area contributed by atoms with Crippen LogP contribution < -0.4 is 5.32 Å². The second-order valence-corrected chi connectivity index (χ2v) is 9.04. The number of rotatable bonds is 8. The molecule has 1 aromatic carbocycles. The summed E-state index contributed by atoms with van der Waals surface area (Å²) in [4.78, 5) is 29.6. The van der Waals surface area contributed by atoms with Crippen molar-refractivity contribution in [3.63, 3.8) is 0 Å². The van der Waals surface area contributed by atoms with E-state index >= 15 is 0 Å². The van der Waals surface area contributed by atoms with Crippen molar-refractivity contribution in [1.82, 2.24) is 14.4 Å². The molecule has 162 valence electrons. The van der Waals surface area contributed by atoms with Crippen molar-refractivity contribution in [3.05, 3.63) is 52.3 Å². The predicted molar refractivity (Wildman–Crippen MR) is 121 cm³/mol. The van der Waals surface area contributed by atoms with E-state index in [1.54, 1.807) is 23.1 Å². The van der Waals surface area contributed by atoms with Gasteiger partial charge in [-0.15, -0.1) is 0 Å². The Morgan fingerprint density at radius 2 is 1.97 bits per heavy atom. The number of carbonyl (C=O) groups is 2. The molecular formula is C22H28Cl2N4O2. The smallest absolute Gasteiger partial charge is 0.322 e. The second kappa shape index (κ2) is 9.75. The Hall–Kier alpha value is -2.18. The van der Waals surface area contributed by atoms with Crippen LogP contribution in [-0.2, 0) is 18.4 Å². The third kappa shape index (κ3) is 5.92.